The first kappa shape index (κ1) is 17.2. The first-order chi connectivity index (χ1) is 12.5. The fourth-order valence-corrected chi connectivity index (χ4v) is 5.99. The summed E-state index contributed by atoms with van der Waals surface area (Å²) in [7, 11) is -3.18. The molecule has 1 amide bonds. The summed E-state index contributed by atoms with van der Waals surface area (Å²) in [5.74, 6) is -0.0381. The van der Waals surface area contributed by atoms with Crippen LogP contribution in [0.1, 0.15) is 23.1 Å². The van der Waals surface area contributed by atoms with E-state index in [0.717, 1.165) is 5.69 Å². The number of amides is 1. The minimum absolute atomic E-state index is 0.0170. The average Bonchev–Trinajstić information content (AvgIpc) is 3.32. The Labute approximate surface area is 151 Å². The van der Waals surface area contributed by atoms with Crippen LogP contribution in [0.2, 0.25) is 0 Å². The molecule has 0 unspecified atom stereocenters. The van der Waals surface area contributed by atoms with Crippen LogP contribution < -0.4 is 0 Å². The van der Waals surface area contributed by atoms with Gasteiger partial charge in [-0.05, 0) is 13.0 Å². The largest absolute Gasteiger partial charge is 0.347 e. The summed E-state index contributed by atoms with van der Waals surface area (Å²) >= 11 is 0. The first-order valence-electron chi connectivity index (χ1n) is 8.73. The number of aromatic amines is 1. The number of carbonyl (C=O) groups excluding carboxylic acids is 1. The number of aryl methyl sites for hydroxylation is 1. The number of rotatable bonds is 4. The second kappa shape index (κ2) is 6.51. The second-order valence-corrected chi connectivity index (χ2v) is 8.94. The van der Waals surface area contributed by atoms with Crippen molar-refractivity contribution in [3.63, 3.8) is 0 Å². The first-order valence-corrected chi connectivity index (χ1v) is 10.5. The van der Waals surface area contributed by atoms with Crippen molar-refractivity contribution in [1.29, 1.82) is 0 Å². The topological polar surface area (TPSA) is 104 Å². The number of fused-ring (bicyclic) bond motifs is 1. The maximum absolute atomic E-state index is 13.1. The smallest absolute Gasteiger partial charge is 0.272 e. The Morgan fingerprint density at radius 2 is 2.12 bits per heavy atom. The van der Waals surface area contributed by atoms with Crippen molar-refractivity contribution in [1.82, 2.24) is 29.5 Å². The van der Waals surface area contributed by atoms with E-state index in [2.05, 4.69) is 20.0 Å². The van der Waals surface area contributed by atoms with Gasteiger partial charge in [0.1, 0.15) is 5.69 Å². The van der Waals surface area contributed by atoms with E-state index >= 15 is 0 Å². The fraction of sp³-hybridized carbons (Fsp3) is 0.562. The summed E-state index contributed by atoms with van der Waals surface area (Å²) in [5, 5.41) is 4.16. The van der Waals surface area contributed by atoms with Crippen LogP contribution in [0, 0.1) is 0 Å². The molecule has 0 radical (unpaired) electrons. The van der Waals surface area contributed by atoms with Crippen LogP contribution in [0.5, 0.6) is 0 Å². The van der Waals surface area contributed by atoms with Gasteiger partial charge < -0.3 is 9.88 Å². The third-order valence-corrected chi connectivity index (χ3v) is 6.91. The lowest BCUT2D eigenvalue weighted by Gasteiger charge is -2.43. The summed E-state index contributed by atoms with van der Waals surface area (Å²) in [6.07, 6.45) is 4.97. The van der Waals surface area contributed by atoms with Crippen molar-refractivity contribution in [3.05, 3.63) is 36.2 Å². The van der Waals surface area contributed by atoms with Gasteiger partial charge in [0, 0.05) is 50.3 Å². The lowest BCUT2D eigenvalue weighted by atomic mass is 10.0. The number of H-pyrrole nitrogens is 1. The highest BCUT2D eigenvalue weighted by atomic mass is 32.2. The lowest BCUT2D eigenvalue weighted by Crippen LogP contribution is -2.60. The van der Waals surface area contributed by atoms with Crippen LogP contribution in [0.4, 0.5) is 0 Å². The van der Waals surface area contributed by atoms with Crippen molar-refractivity contribution >= 4 is 15.7 Å². The molecule has 0 aromatic carbocycles. The number of hydrogen-bond acceptors (Lipinski definition) is 6. The molecule has 1 N–H and O–H groups in total. The van der Waals surface area contributed by atoms with E-state index in [9.17, 15) is 13.2 Å². The highest BCUT2D eigenvalue weighted by Crippen LogP contribution is 2.29. The minimum Gasteiger partial charge on any atom is -0.347 e. The van der Waals surface area contributed by atoms with Gasteiger partial charge in [-0.3, -0.25) is 14.4 Å². The highest BCUT2D eigenvalue weighted by molar-refractivity contribution is 7.91. The van der Waals surface area contributed by atoms with Gasteiger partial charge in [-0.15, -0.1) is 0 Å². The van der Waals surface area contributed by atoms with Crippen molar-refractivity contribution in [2.45, 2.75) is 32.1 Å². The SMILES string of the molecule is CCn1nccc1C(=O)N1CCN(Cc2cnc[nH]2)[C@@H]2CS(=O)(=O)C[C@@H]21. The third-order valence-electron chi connectivity index (χ3n) is 5.22. The van der Waals surface area contributed by atoms with Crippen molar-refractivity contribution < 1.29 is 13.2 Å². The summed E-state index contributed by atoms with van der Waals surface area (Å²) in [6, 6.07) is 1.17. The molecule has 2 atom stereocenters. The molecular formula is C16H22N6O3S. The number of aromatic nitrogens is 4. The fourth-order valence-electron chi connectivity index (χ4n) is 3.98. The van der Waals surface area contributed by atoms with Gasteiger partial charge in [0.2, 0.25) is 0 Å². The lowest BCUT2D eigenvalue weighted by molar-refractivity contribution is 0.0293. The van der Waals surface area contributed by atoms with Gasteiger partial charge in [0.15, 0.2) is 9.84 Å². The van der Waals surface area contributed by atoms with Gasteiger partial charge >= 0.3 is 0 Å². The van der Waals surface area contributed by atoms with E-state index in [-0.39, 0.29) is 29.5 Å². The molecule has 10 heteroatoms. The van der Waals surface area contributed by atoms with Crippen LogP contribution in [0.25, 0.3) is 0 Å². The Hall–Kier alpha value is -2.20. The van der Waals surface area contributed by atoms with Gasteiger partial charge in [-0.2, -0.15) is 5.10 Å². The molecule has 2 aromatic heterocycles. The molecule has 4 heterocycles. The molecule has 2 aliphatic rings. The summed E-state index contributed by atoms with van der Waals surface area (Å²) in [4.78, 5) is 24.0. The molecule has 2 saturated heterocycles. The summed E-state index contributed by atoms with van der Waals surface area (Å²) in [5.41, 5.74) is 1.45. The molecule has 140 valence electrons. The van der Waals surface area contributed by atoms with Crippen molar-refractivity contribution in [2.24, 2.45) is 0 Å². The number of piperazine rings is 1. The molecule has 0 spiro atoms. The van der Waals surface area contributed by atoms with Crippen LogP contribution >= 0.6 is 0 Å². The number of nitrogens with one attached hydrogen (secondary N) is 1. The number of imidazole rings is 1. The Morgan fingerprint density at radius 3 is 2.85 bits per heavy atom. The van der Waals surface area contributed by atoms with E-state index < -0.39 is 9.84 Å². The Kier molecular flexibility index (Phi) is 4.31. The monoisotopic (exact) mass is 378 g/mol. The van der Waals surface area contributed by atoms with Crippen molar-refractivity contribution in [2.75, 3.05) is 24.6 Å². The molecule has 0 bridgehead atoms. The normalized spacial score (nSPS) is 25.3. The predicted molar refractivity (Wildman–Crippen MR) is 94.2 cm³/mol. The molecule has 4 rings (SSSR count). The maximum atomic E-state index is 13.1. The Morgan fingerprint density at radius 1 is 1.31 bits per heavy atom. The minimum atomic E-state index is -3.18. The van der Waals surface area contributed by atoms with E-state index in [1.54, 1.807) is 34.4 Å². The second-order valence-electron chi connectivity index (χ2n) is 6.79. The van der Waals surface area contributed by atoms with Crippen LogP contribution in [0.3, 0.4) is 0 Å². The van der Waals surface area contributed by atoms with E-state index in [1.807, 2.05) is 6.92 Å². The van der Waals surface area contributed by atoms with Crippen LogP contribution in [-0.2, 0) is 22.9 Å². The average molecular weight is 378 g/mol. The molecule has 0 aliphatic carbocycles. The predicted octanol–water partition coefficient (Wildman–Crippen LogP) is -0.250. The van der Waals surface area contributed by atoms with Crippen molar-refractivity contribution in [3.8, 4) is 0 Å². The van der Waals surface area contributed by atoms with E-state index in [4.69, 9.17) is 0 Å². The zero-order valence-electron chi connectivity index (χ0n) is 14.6. The maximum Gasteiger partial charge on any atom is 0.272 e. The van der Waals surface area contributed by atoms with E-state index in [0.29, 0.717) is 31.9 Å². The molecule has 0 saturated carbocycles. The Balaban J connectivity index is 1.60. The van der Waals surface area contributed by atoms with Gasteiger partial charge in [0.05, 0.1) is 23.9 Å². The standard InChI is InChI=1S/C16H22N6O3S/c1-2-22-13(3-4-19-22)16(23)21-6-5-20(8-12-7-17-11-18-12)14-9-26(24,25)10-15(14)21/h3-4,7,11,14-15H,2,5-6,8-10H2,1H3,(H,17,18)/t14-,15+/m1/s1. The summed E-state index contributed by atoms with van der Waals surface area (Å²) in [6.45, 7) is 4.25. The molecule has 2 aromatic rings. The van der Waals surface area contributed by atoms with Gasteiger partial charge in [-0.1, -0.05) is 0 Å². The summed E-state index contributed by atoms with van der Waals surface area (Å²) < 4.78 is 26.3. The quantitative estimate of drug-likeness (QED) is 0.787. The molecule has 9 nitrogen and oxygen atoms in total. The zero-order valence-corrected chi connectivity index (χ0v) is 15.4. The molecule has 26 heavy (non-hydrogen) atoms. The molecule has 2 aliphatic heterocycles. The molecule has 2 fully saturated rings. The van der Waals surface area contributed by atoms with E-state index in [1.165, 1.54) is 0 Å². The third kappa shape index (κ3) is 3.03. The van der Waals surface area contributed by atoms with Crippen LogP contribution in [0.15, 0.2) is 24.8 Å². The zero-order chi connectivity index (χ0) is 18.3. The van der Waals surface area contributed by atoms with Gasteiger partial charge in [0.25, 0.3) is 5.91 Å². The highest BCUT2D eigenvalue weighted by Gasteiger charge is 2.48. The number of nitrogens with zero attached hydrogens (tertiary/aromatic N) is 5. The number of hydrogen-bond donors (Lipinski definition) is 1. The molecular weight excluding hydrogens is 356 g/mol. The van der Waals surface area contributed by atoms with Crippen LogP contribution in [-0.4, -0.2) is 80.6 Å². The van der Waals surface area contributed by atoms with Gasteiger partial charge in [-0.25, -0.2) is 13.4 Å². The Bertz CT molecular complexity index is 891. The number of carbonyl (C=O) groups is 1. The number of sulfone groups is 1.